The highest BCUT2D eigenvalue weighted by molar-refractivity contribution is 7.89. The van der Waals surface area contributed by atoms with E-state index in [-0.39, 0.29) is 29.9 Å². The molecule has 0 unspecified atom stereocenters. The molecule has 5 rings (SSSR count). The van der Waals surface area contributed by atoms with E-state index in [4.69, 9.17) is 0 Å². The van der Waals surface area contributed by atoms with Gasteiger partial charge in [-0.15, -0.1) is 11.3 Å². The molecule has 0 N–H and O–H groups in total. The molecule has 1 fully saturated rings. The van der Waals surface area contributed by atoms with E-state index in [1.165, 1.54) is 39.8 Å². The van der Waals surface area contributed by atoms with Gasteiger partial charge in [0.15, 0.2) is 0 Å². The predicted molar refractivity (Wildman–Crippen MR) is 146 cm³/mol. The second-order valence-electron chi connectivity index (χ2n) is 8.90. The van der Waals surface area contributed by atoms with Crippen molar-refractivity contribution in [2.24, 2.45) is 0 Å². The summed E-state index contributed by atoms with van der Waals surface area (Å²) >= 11 is 1.13. The minimum Gasteiger partial charge on any atom is -0.338 e. The Bertz CT molecular complexity index is 1670. The number of anilines is 2. The molecule has 1 amide bonds. The van der Waals surface area contributed by atoms with Crippen molar-refractivity contribution < 1.29 is 17.6 Å². The number of benzene rings is 1. The highest BCUT2D eigenvalue weighted by atomic mass is 32.2. The van der Waals surface area contributed by atoms with Gasteiger partial charge in [-0.2, -0.15) is 4.31 Å². The van der Waals surface area contributed by atoms with E-state index in [0.29, 0.717) is 41.0 Å². The van der Waals surface area contributed by atoms with Crippen molar-refractivity contribution in [1.29, 1.82) is 0 Å². The molecule has 11 nitrogen and oxygen atoms in total. The number of likely N-dealkylation sites (N-methyl/N-ethyl adjacent to an activating group) is 1. The van der Waals surface area contributed by atoms with E-state index in [9.17, 15) is 22.4 Å². The van der Waals surface area contributed by atoms with E-state index >= 15 is 0 Å². The van der Waals surface area contributed by atoms with Crippen LogP contribution in [0.15, 0.2) is 58.7 Å². The average Bonchev–Trinajstić information content (AvgIpc) is 3.30. The third-order valence-electron chi connectivity index (χ3n) is 6.53. The number of piperazine rings is 1. The van der Waals surface area contributed by atoms with E-state index in [1.54, 1.807) is 32.3 Å². The zero-order chi connectivity index (χ0) is 27.7. The van der Waals surface area contributed by atoms with Crippen LogP contribution >= 0.6 is 11.3 Å². The molecule has 3 aromatic heterocycles. The number of aryl methyl sites for hydroxylation is 1. The smallest absolute Gasteiger partial charge is 0.263 e. The minimum absolute atomic E-state index is 0.0218. The third kappa shape index (κ3) is 5.14. The fraction of sp³-hybridized carbons (Fsp3) is 0.320. The molecule has 0 aliphatic carbocycles. The first kappa shape index (κ1) is 26.8. The summed E-state index contributed by atoms with van der Waals surface area (Å²) in [6.07, 6.45) is 4.52. The molecular weight excluding hydrogens is 545 g/mol. The Morgan fingerprint density at radius 3 is 2.38 bits per heavy atom. The van der Waals surface area contributed by atoms with Crippen molar-refractivity contribution in [3.05, 3.63) is 70.1 Å². The fourth-order valence-electron chi connectivity index (χ4n) is 4.60. The molecule has 14 heteroatoms. The molecule has 1 aromatic carbocycles. The van der Waals surface area contributed by atoms with Gasteiger partial charge in [0.2, 0.25) is 21.9 Å². The summed E-state index contributed by atoms with van der Waals surface area (Å²) in [6.45, 7) is 4.57. The van der Waals surface area contributed by atoms with Gasteiger partial charge in [-0.25, -0.2) is 27.8 Å². The van der Waals surface area contributed by atoms with Gasteiger partial charge in [0, 0.05) is 55.7 Å². The Labute approximate surface area is 228 Å². The molecule has 1 saturated heterocycles. The van der Waals surface area contributed by atoms with Crippen LogP contribution in [0.25, 0.3) is 10.2 Å². The topological polar surface area (TPSA) is 122 Å². The summed E-state index contributed by atoms with van der Waals surface area (Å²) in [5.41, 5.74) is -0.122. The molecule has 0 spiro atoms. The first-order valence-corrected chi connectivity index (χ1v) is 14.5. The van der Waals surface area contributed by atoms with Crippen molar-refractivity contribution >= 4 is 49.1 Å². The van der Waals surface area contributed by atoms with Crippen LogP contribution < -0.4 is 15.4 Å². The molecule has 204 valence electrons. The third-order valence-corrected chi connectivity index (χ3v) is 9.75. The van der Waals surface area contributed by atoms with Gasteiger partial charge in [-0.05, 0) is 44.2 Å². The van der Waals surface area contributed by atoms with E-state index < -0.39 is 27.3 Å². The predicted octanol–water partition coefficient (Wildman–Crippen LogP) is 2.26. The van der Waals surface area contributed by atoms with Gasteiger partial charge in [0.1, 0.15) is 22.1 Å². The molecular formula is C25H26FN7O4S2. The number of carbonyl (C=O) groups is 1. The van der Waals surface area contributed by atoms with Crippen LogP contribution in [0.3, 0.4) is 0 Å². The standard InChI is InChI=1S/C25H26FN7O4S2/c1-3-33(19-7-5-18(26)6-8-19)20(34)15-31-16-29-23-21(24(31)35)22(17(2)38-23)39(36,37)32-13-11-30(12-14-32)25-27-9-4-10-28-25/h4-10,16H,3,11-15H2,1-2H3. The summed E-state index contributed by atoms with van der Waals surface area (Å²) < 4.78 is 43.4. The lowest BCUT2D eigenvalue weighted by Gasteiger charge is -2.33. The number of nitrogens with zero attached hydrogens (tertiary/aromatic N) is 7. The molecule has 0 atom stereocenters. The quantitative estimate of drug-likeness (QED) is 0.331. The van der Waals surface area contributed by atoms with Gasteiger partial charge in [-0.3, -0.25) is 14.2 Å². The van der Waals surface area contributed by atoms with Crippen LogP contribution in [0, 0.1) is 12.7 Å². The molecule has 39 heavy (non-hydrogen) atoms. The van der Waals surface area contributed by atoms with Gasteiger partial charge < -0.3 is 9.80 Å². The molecule has 1 aliphatic heterocycles. The van der Waals surface area contributed by atoms with Gasteiger partial charge in [0.05, 0.1) is 11.7 Å². The van der Waals surface area contributed by atoms with Gasteiger partial charge in [0.25, 0.3) is 5.56 Å². The summed E-state index contributed by atoms with van der Waals surface area (Å²) in [6, 6.07) is 7.19. The lowest BCUT2D eigenvalue weighted by Crippen LogP contribution is -2.49. The number of aromatic nitrogens is 4. The van der Waals surface area contributed by atoms with E-state index in [2.05, 4.69) is 15.0 Å². The van der Waals surface area contributed by atoms with Crippen LogP contribution in [0.4, 0.5) is 16.0 Å². The van der Waals surface area contributed by atoms with Crippen LogP contribution in [-0.2, 0) is 21.4 Å². The molecule has 0 saturated carbocycles. The number of amides is 1. The molecule has 0 bridgehead atoms. The number of thiophene rings is 1. The number of rotatable bonds is 7. The van der Waals surface area contributed by atoms with Crippen molar-refractivity contribution in [3.63, 3.8) is 0 Å². The lowest BCUT2D eigenvalue weighted by molar-refractivity contribution is -0.119. The van der Waals surface area contributed by atoms with Crippen molar-refractivity contribution in [3.8, 4) is 0 Å². The SMILES string of the molecule is CCN(C(=O)Cn1cnc2sc(C)c(S(=O)(=O)N3CCN(c4ncccn4)CC3)c2c1=O)c1ccc(F)cc1. The van der Waals surface area contributed by atoms with Crippen LogP contribution in [0.2, 0.25) is 0 Å². The minimum atomic E-state index is -4.03. The Morgan fingerprint density at radius 1 is 1.08 bits per heavy atom. The van der Waals surface area contributed by atoms with E-state index in [0.717, 1.165) is 15.9 Å². The first-order chi connectivity index (χ1) is 18.7. The summed E-state index contributed by atoms with van der Waals surface area (Å²) in [7, 11) is -4.03. The molecule has 4 aromatic rings. The van der Waals surface area contributed by atoms with Crippen LogP contribution in [0.5, 0.6) is 0 Å². The zero-order valence-corrected chi connectivity index (χ0v) is 23.0. The molecule has 4 heterocycles. The summed E-state index contributed by atoms with van der Waals surface area (Å²) in [5.74, 6) is -0.308. The van der Waals surface area contributed by atoms with Crippen molar-refractivity contribution in [2.45, 2.75) is 25.3 Å². The Hall–Kier alpha value is -3.75. The molecule has 0 radical (unpaired) electrons. The maximum absolute atomic E-state index is 13.8. The van der Waals surface area contributed by atoms with Crippen molar-refractivity contribution in [1.82, 2.24) is 23.8 Å². The summed E-state index contributed by atoms with van der Waals surface area (Å²) in [4.78, 5) is 43.4. The second kappa shape index (κ2) is 10.8. The maximum atomic E-state index is 13.8. The van der Waals surface area contributed by atoms with Crippen molar-refractivity contribution in [2.75, 3.05) is 42.5 Å². The van der Waals surface area contributed by atoms with Crippen LogP contribution in [-0.4, -0.2) is 70.9 Å². The number of hydrogen-bond acceptors (Lipinski definition) is 9. The maximum Gasteiger partial charge on any atom is 0.263 e. The van der Waals surface area contributed by atoms with E-state index in [1.807, 2.05) is 4.90 Å². The zero-order valence-electron chi connectivity index (χ0n) is 21.3. The Balaban J connectivity index is 1.43. The summed E-state index contributed by atoms with van der Waals surface area (Å²) in [5, 5.41) is -0.0218. The Kier molecular flexibility index (Phi) is 7.42. The number of hydrogen-bond donors (Lipinski definition) is 0. The highest BCUT2D eigenvalue weighted by Gasteiger charge is 2.34. The van der Waals surface area contributed by atoms with Crippen LogP contribution in [0.1, 0.15) is 11.8 Å². The van der Waals surface area contributed by atoms with Gasteiger partial charge >= 0.3 is 0 Å². The molecule has 1 aliphatic rings. The number of halogens is 1. The monoisotopic (exact) mass is 571 g/mol. The average molecular weight is 572 g/mol. The lowest BCUT2D eigenvalue weighted by atomic mass is 10.2. The first-order valence-electron chi connectivity index (χ1n) is 12.3. The number of sulfonamides is 1. The highest BCUT2D eigenvalue weighted by Crippen LogP contribution is 2.33. The number of fused-ring (bicyclic) bond motifs is 1. The number of carbonyl (C=O) groups excluding carboxylic acids is 1. The Morgan fingerprint density at radius 2 is 1.74 bits per heavy atom. The fourth-order valence-corrected chi connectivity index (χ4v) is 7.69. The van der Waals surface area contributed by atoms with Gasteiger partial charge in [-0.1, -0.05) is 0 Å². The largest absolute Gasteiger partial charge is 0.338 e. The normalized spacial score (nSPS) is 14.6. The second-order valence-corrected chi connectivity index (χ2v) is 12.0.